The average molecular weight is 339 g/mol. The summed E-state index contributed by atoms with van der Waals surface area (Å²) in [5.74, 6) is 0.724. The predicted molar refractivity (Wildman–Crippen MR) is 82.0 cm³/mol. The third-order valence-electron chi connectivity index (χ3n) is 3.56. The summed E-state index contributed by atoms with van der Waals surface area (Å²) < 4.78 is 43.1. The Hall–Kier alpha value is -2.42. The fourth-order valence-electron chi connectivity index (χ4n) is 2.34. The van der Waals surface area contributed by atoms with Gasteiger partial charge in [0, 0.05) is 18.8 Å². The van der Waals surface area contributed by atoms with Gasteiger partial charge < -0.3 is 15.4 Å². The van der Waals surface area contributed by atoms with Gasteiger partial charge in [0.25, 0.3) is 0 Å². The summed E-state index contributed by atoms with van der Waals surface area (Å²) in [4.78, 5) is 4.23. The number of rotatable bonds is 5. The van der Waals surface area contributed by atoms with Crippen LogP contribution in [0.4, 0.5) is 30.6 Å². The van der Waals surface area contributed by atoms with Crippen molar-refractivity contribution in [1.82, 2.24) is 15.2 Å². The van der Waals surface area contributed by atoms with Crippen LogP contribution in [0.5, 0.6) is 0 Å². The number of benzene rings is 1. The monoisotopic (exact) mass is 339 g/mol. The molecular weight excluding hydrogens is 323 g/mol. The molecule has 1 atom stereocenters. The van der Waals surface area contributed by atoms with Crippen LogP contribution in [-0.2, 0) is 10.9 Å². The lowest BCUT2D eigenvalue weighted by Crippen LogP contribution is -2.20. The Morgan fingerprint density at radius 2 is 2.00 bits per heavy atom. The molecular formula is C15H16F3N5O. The van der Waals surface area contributed by atoms with E-state index >= 15 is 0 Å². The zero-order valence-corrected chi connectivity index (χ0v) is 12.7. The minimum atomic E-state index is -4.35. The molecule has 2 aromatic rings. The van der Waals surface area contributed by atoms with Crippen molar-refractivity contribution in [3.05, 3.63) is 36.0 Å². The minimum absolute atomic E-state index is 0.139. The number of ether oxygens (including phenoxy) is 1. The maximum absolute atomic E-state index is 12.5. The Balaban J connectivity index is 1.61. The molecule has 0 saturated carbocycles. The zero-order chi connectivity index (χ0) is 17.0. The van der Waals surface area contributed by atoms with Crippen LogP contribution in [0.2, 0.25) is 0 Å². The van der Waals surface area contributed by atoms with Crippen LogP contribution < -0.4 is 10.6 Å². The smallest absolute Gasteiger partial charge is 0.376 e. The maximum atomic E-state index is 12.5. The van der Waals surface area contributed by atoms with Gasteiger partial charge >= 0.3 is 6.18 Å². The maximum Gasteiger partial charge on any atom is 0.416 e. The van der Waals surface area contributed by atoms with Crippen molar-refractivity contribution in [1.29, 1.82) is 0 Å². The van der Waals surface area contributed by atoms with Gasteiger partial charge in [-0.25, -0.2) is 0 Å². The lowest BCUT2D eigenvalue weighted by Gasteiger charge is -2.11. The van der Waals surface area contributed by atoms with Crippen LogP contribution in [0.15, 0.2) is 30.5 Å². The van der Waals surface area contributed by atoms with Crippen molar-refractivity contribution in [3.63, 3.8) is 0 Å². The molecule has 9 heteroatoms. The first-order chi connectivity index (χ1) is 11.5. The number of hydrogen-bond donors (Lipinski definition) is 2. The van der Waals surface area contributed by atoms with E-state index in [1.807, 2.05) is 0 Å². The lowest BCUT2D eigenvalue weighted by molar-refractivity contribution is -0.137. The van der Waals surface area contributed by atoms with Gasteiger partial charge in [-0.15, -0.1) is 5.10 Å². The van der Waals surface area contributed by atoms with Crippen molar-refractivity contribution >= 4 is 17.5 Å². The molecule has 128 valence electrons. The third kappa shape index (κ3) is 4.31. The first-order valence-corrected chi connectivity index (χ1v) is 7.50. The minimum Gasteiger partial charge on any atom is -0.376 e. The highest BCUT2D eigenvalue weighted by Crippen LogP contribution is 2.30. The van der Waals surface area contributed by atoms with E-state index in [4.69, 9.17) is 4.74 Å². The Morgan fingerprint density at radius 1 is 1.21 bits per heavy atom. The van der Waals surface area contributed by atoms with Crippen LogP contribution in [0.25, 0.3) is 0 Å². The molecule has 1 saturated heterocycles. The van der Waals surface area contributed by atoms with E-state index < -0.39 is 11.7 Å². The molecule has 0 aliphatic carbocycles. The largest absolute Gasteiger partial charge is 0.416 e. The average Bonchev–Trinajstić information content (AvgIpc) is 3.06. The number of alkyl halides is 3. The van der Waals surface area contributed by atoms with E-state index in [9.17, 15) is 13.2 Å². The Labute approximate surface area is 136 Å². The van der Waals surface area contributed by atoms with Crippen molar-refractivity contribution in [2.75, 3.05) is 23.8 Å². The second-order valence-corrected chi connectivity index (χ2v) is 5.38. The van der Waals surface area contributed by atoms with Gasteiger partial charge in [-0.1, -0.05) is 0 Å². The highest BCUT2D eigenvalue weighted by Gasteiger charge is 2.29. The van der Waals surface area contributed by atoms with E-state index in [1.54, 1.807) is 0 Å². The molecule has 1 aromatic heterocycles. The Morgan fingerprint density at radius 3 is 2.67 bits per heavy atom. The van der Waals surface area contributed by atoms with E-state index in [1.165, 1.54) is 18.3 Å². The number of anilines is 3. The molecule has 6 nitrogen and oxygen atoms in total. The van der Waals surface area contributed by atoms with Crippen LogP contribution >= 0.6 is 0 Å². The summed E-state index contributed by atoms with van der Waals surface area (Å²) in [6.45, 7) is 1.35. The van der Waals surface area contributed by atoms with Crippen molar-refractivity contribution in [2.45, 2.75) is 25.1 Å². The summed E-state index contributed by atoms with van der Waals surface area (Å²) >= 11 is 0. The van der Waals surface area contributed by atoms with E-state index in [-0.39, 0.29) is 6.10 Å². The lowest BCUT2D eigenvalue weighted by atomic mass is 10.2. The van der Waals surface area contributed by atoms with Gasteiger partial charge in [-0.05, 0) is 37.1 Å². The van der Waals surface area contributed by atoms with Crippen molar-refractivity contribution < 1.29 is 17.9 Å². The summed E-state index contributed by atoms with van der Waals surface area (Å²) in [6, 6.07) is 4.69. The van der Waals surface area contributed by atoms with Crippen molar-refractivity contribution in [3.8, 4) is 0 Å². The van der Waals surface area contributed by atoms with Gasteiger partial charge in [0.05, 0.1) is 17.9 Å². The summed E-state index contributed by atoms with van der Waals surface area (Å²) in [5, 5.41) is 13.6. The van der Waals surface area contributed by atoms with Gasteiger partial charge in [-0.2, -0.15) is 23.3 Å². The second-order valence-electron chi connectivity index (χ2n) is 5.38. The second kappa shape index (κ2) is 7.00. The molecule has 1 fully saturated rings. The summed E-state index contributed by atoms with van der Waals surface area (Å²) in [7, 11) is 0. The molecule has 0 amide bonds. The van der Waals surface area contributed by atoms with Crippen molar-refractivity contribution in [2.24, 2.45) is 0 Å². The molecule has 0 spiro atoms. The molecule has 1 unspecified atom stereocenters. The molecule has 0 radical (unpaired) electrons. The number of halogens is 3. The quantitative estimate of drug-likeness (QED) is 0.871. The number of hydrogen-bond acceptors (Lipinski definition) is 6. The third-order valence-corrected chi connectivity index (χ3v) is 3.56. The Kier molecular flexibility index (Phi) is 4.79. The first-order valence-electron chi connectivity index (χ1n) is 7.50. The predicted octanol–water partition coefficient (Wildman–Crippen LogP) is 3.22. The van der Waals surface area contributed by atoms with E-state index in [0.717, 1.165) is 31.6 Å². The van der Waals surface area contributed by atoms with E-state index in [2.05, 4.69) is 25.8 Å². The van der Waals surface area contributed by atoms with Gasteiger partial charge in [0.1, 0.15) is 0 Å². The number of aromatic nitrogens is 3. The first kappa shape index (κ1) is 16.4. The molecule has 24 heavy (non-hydrogen) atoms. The standard InChI is InChI=1S/C15H16F3N5O/c16-15(17,18)10-3-5-11(6-4-10)21-13-9-20-23-14(22-13)19-8-12-2-1-7-24-12/h3-6,9,12H,1-2,7-8H2,(H2,19,21,22,23). The molecule has 1 aromatic carbocycles. The SMILES string of the molecule is FC(F)(F)c1ccc(Nc2cnnc(NCC3CCCO3)n2)cc1. The van der Waals surface area contributed by atoms with Crippen LogP contribution in [0.3, 0.4) is 0 Å². The van der Waals surface area contributed by atoms with Crippen LogP contribution in [-0.4, -0.2) is 34.4 Å². The summed E-state index contributed by atoms with van der Waals surface area (Å²) in [5.41, 5.74) is -0.221. The van der Waals surface area contributed by atoms with E-state index in [0.29, 0.717) is 24.0 Å². The van der Waals surface area contributed by atoms with Gasteiger partial charge in [0.2, 0.25) is 5.95 Å². The van der Waals surface area contributed by atoms with Crippen LogP contribution in [0, 0.1) is 0 Å². The molecule has 2 N–H and O–H groups in total. The highest BCUT2D eigenvalue weighted by molar-refractivity contribution is 5.56. The molecule has 2 heterocycles. The number of nitrogens with zero attached hydrogens (tertiary/aromatic N) is 3. The molecule has 1 aliphatic heterocycles. The normalized spacial score (nSPS) is 17.7. The topological polar surface area (TPSA) is 72.0 Å². The van der Waals surface area contributed by atoms with Gasteiger partial charge in [-0.3, -0.25) is 0 Å². The fraction of sp³-hybridized carbons (Fsp3) is 0.400. The number of nitrogens with one attached hydrogen (secondary N) is 2. The molecule has 3 rings (SSSR count). The molecule has 0 bridgehead atoms. The highest BCUT2D eigenvalue weighted by atomic mass is 19.4. The van der Waals surface area contributed by atoms with Gasteiger partial charge in [0.15, 0.2) is 5.82 Å². The van der Waals surface area contributed by atoms with Crippen LogP contribution in [0.1, 0.15) is 18.4 Å². The molecule has 1 aliphatic rings. The fourth-order valence-corrected chi connectivity index (χ4v) is 2.34. The zero-order valence-electron chi connectivity index (χ0n) is 12.7. The Bertz CT molecular complexity index is 672. The summed E-state index contributed by atoms with van der Waals surface area (Å²) in [6.07, 6.45) is -0.783.